The molecular weight excluding hydrogens is 368 g/mol. The molecule has 28 heavy (non-hydrogen) atoms. The molecule has 3 aromatic rings. The van der Waals surface area contributed by atoms with Crippen LogP contribution in [0.4, 0.5) is 0 Å². The topological polar surface area (TPSA) is 82.4 Å². The first kappa shape index (κ1) is 22.2. The number of rotatable bonds is 7. The van der Waals surface area contributed by atoms with Gasteiger partial charge in [0.2, 0.25) is 0 Å². The fourth-order valence-electron chi connectivity index (χ4n) is 2.83. The molecule has 2 heterocycles. The smallest absolute Gasteiger partial charge is 0.173 e. The zero-order chi connectivity index (χ0) is 20.7. The predicted molar refractivity (Wildman–Crippen MR) is 117 cm³/mol. The first-order valence-corrected chi connectivity index (χ1v) is 10.7. The van der Waals surface area contributed by atoms with E-state index in [9.17, 15) is 0 Å². The summed E-state index contributed by atoms with van der Waals surface area (Å²) in [5.41, 5.74) is 4.20. The Morgan fingerprint density at radius 3 is 2.68 bits per heavy atom. The van der Waals surface area contributed by atoms with Gasteiger partial charge in [-0.05, 0) is 38.4 Å². The van der Waals surface area contributed by atoms with Crippen molar-refractivity contribution in [3.05, 3.63) is 41.1 Å². The summed E-state index contributed by atoms with van der Waals surface area (Å²) in [5.74, 6) is 0. The van der Waals surface area contributed by atoms with Crippen molar-refractivity contribution in [2.24, 2.45) is 0 Å². The molecule has 6 nitrogen and oxygen atoms in total. The van der Waals surface area contributed by atoms with E-state index in [1.54, 1.807) is 18.1 Å². The molecule has 0 radical (unpaired) electrons. The Balaban J connectivity index is 0.00000136. The van der Waals surface area contributed by atoms with Crippen molar-refractivity contribution in [1.29, 1.82) is 5.41 Å². The largest absolute Gasteiger partial charge is 0.328 e. The molecule has 1 aromatic carbocycles. The molecule has 7 heteroatoms. The van der Waals surface area contributed by atoms with Gasteiger partial charge < -0.3 is 14.9 Å². The number of imidazole rings is 1. The summed E-state index contributed by atoms with van der Waals surface area (Å²) in [4.78, 5) is 13.4. The Bertz CT molecular complexity index is 957. The normalized spacial score (nSPS) is 11.0. The van der Waals surface area contributed by atoms with Crippen molar-refractivity contribution in [3.63, 3.8) is 0 Å². The zero-order valence-electron chi connectivity index (χ0n) is 17.8. The van der Waals surface area contributed by atoms with E-state index in [-0.39, 0.29) is 5.49 Å². The SMILES string of the molecule is CC.Cc1ccc(Sc2nc3c([nH]2)c(=N)ncn3CCCNC(C)C)c(C)c1. The molecule has 2 aromatic heterocycles. The number of hydrogen-bond donors (Lipinski definition) is 3. The maximum atomic E-state index is 8.08. The third-order valence-electron chi connectivity index (χ3n) is 4.16. The van der Waals surface area contributed by atoms with Crippen LogP contribution in [-0.2, 0) is 6.54 Å². The second kappa shape index (κ2) is 10.4. The van der Waals surface area contributed by atoms with E-state index in [4.69, 9.17) is 10.4 Å². The van der Waals surface area contributed by atoms with E-state index in [1.807, 2.05) is 18.4 Å². The number of nitrogens with zero attached hydrogens (tertiary/aromatic N) is 3. The number of hydrogen-bond acceptors (Lipinski definition) is 5. The Labute approximate surface area is 171 Å². The van der Waals surface area contributed by atoms with Gasteiger partial charge in [0.15, 0.2) is 16.3 Å². The molecule has 0 atom stereocenters. The van der Waals surface area contributed by atoms with Crippen LogP contribution in [0.15, 0.2) is 34.6 Å². The number of benzene rings is 1. The number of nitrogens with one attached hydrogen (secondary N) is 3. The maximum Gasteiger partial charge on any atom is 0.173 e. The van der Waals surface area contributed by atoms with Crippen molar-refractivity contribution in [3.8, 4) is 0 Å². The minimum atomic E-state index is 0.233. The fraction of sp³-hybridized carbons (Fsp3) is 0.476. The van der Waals surface area contributed by atoms with Crippen LogP contribution in [0.25, 0.3) is 11.2 Å². The standard InChI is InChI=1S/C19H26N6S.C2H6/c1-12(2)21-8-5-9-25-11-22-17(20)16-18(25)24-19(23-16)26-15-7-6-13(3)10-14(15)4;1-2/h6-7,10-12,20-21H,5,8-9H2,1-4H3,(H,23,24);1-2H3. The Morgan fingerprint density at radius 1 is 1.25 bits per heavy atom. The Kier molecular flexibility index (Phi) is 8.26. The highest BCUT2D eigenvalue weighted by Gasteiger charge is 2.11. The minimum absolute atomic E-state index is 0.233. The van der Waals surface area contributed by atoms with Crippen LogP contribution in [0.1, 0.15) is 45.2 Å². The van der Waals surface area contributed by atoms with E-state index in [0.717, 1.165) is 30.3 Å². The summed E-state index contributed by atoms with van der Waals surface area (Å²) in [6.45, 7) is 14.3. The Morgan fingerprint density at radius 2 is 2.00 bits per heavy atom. The molecule has 0 amide bonds. The predicted octanol–water partition coefficient (Wildman–Crippen LogP) is 4.42. The average molecular weight is 401 g/mol. The first-order valence-electron chi connectivity index (χ1n) is 9.92. The highest BCUT2D eigenvalue weighted by Crippen LogP contribution is 2.29. The third kappa shape index (κ3) is 5.69. The lowest BCUT2D eigenvalue weighted by Crippen LogP contribution is -2.24. The van der Waals surface area contributed by atoms with E-state index in [0.29, 0.717) is 11.6 Å². The number of aryl methyl sites for hydroxylation is 3. The van der Waals surface area contributed by atoms with Crippen molar-refractivity contribution in [1.82, 2.24) is 24.8 Å². The zero-order valence-corrected chi connectivity index (χ0v) is 18.6. The molecule has 0 aliphatic carbocycles. The van der Waals surface area contributed by atoms with Gasteiger partial charge in [-0.2, -0.15) is 0 Å². The van der Waals surface area contributed by atoms with Crippen LogP contribution in [-0.4, -0.2) is 32.1 Å². The van der Waals surface area contributed by atoms with E-state index < -0.39 is 0 Å². The molecule has 0 bridgehead atoms. The molecule has 0 saturated heterocycles. The Hall–Kier alpha value is -2.12. The summed E-state index contributed by atoms with van der Waals surface area (Å²) in [7, 11) is 0. The molecule has 0 aliphatic heterocycles. The lowest BCUT2D eigenvalue weighted by Gasteiger charge is -2.09. The van der Waals surface area contributed by atoms with E-state index in [1.165, 1.54) is 16.0 Å². The molecule has 3 rings (SSSR count). The first-order chi connectivity index (χ1) is 13.4. The highest BCUT2D eigenvalue weighted by atomic mass is 32.2. The van der Waals surface area contributed by atoms with Crippen molar-refractivity contribution in [2.75, 3.05) is 6.54 Å². The van der Waals surface area contributed by atoms with Gasteiger partial charge in [0.05, 0.1) is 6.33 Å². The summed E-state index contributed by atoms with van der Waals surface area (Å²) in [5, 5.41) is 12.3. The molecule has 0 aliphatic rings. The van der Waals surface area contributed by atoms with Gasteiger partial charge in [0, 0.05) is 17.5 Å². The molecule has 152 valence electrons. The van der Waals surface area contributed by atoms with Crippen LogP contribution in [0, 0.1) is 19.3 Å². The number of H-pyrrole nitrogens is 1. The van der Waals surface area contributed by atoms with E-state index >= 15 is 0 Å². The quantitative estimate of drug-likeness (QED) is 0.513. The second-order valence-corrected chi connectivity index (χ2v) is 7.89. The average Bonchev–Trinajstić information content (AvgIpc) is 3.09. The van der Waals surface area contributed by atoms with E-state index in [2.05, 4.69) is 61.2 Å². The molecule has 3 N–H and O–H groups in total. The van der Waals surface area contributed by atoms with Crippen LogP contribution in [0.5, 0.6) is 0 Å². The van der Waals surface area contributed by atoms with Gasteiger partial charge in [0.1, 0.15) is 5.52 Å². The van der Waals surface area contributed by atoms with Gasteiger partial charge in [-0.15, -0.1) is 0 Å². The summed E-state index contributed by atoms with van der Waals surface area (Å²) in [6.07, 6.45) is 2.70. The molecule has 0 saturated carbocycles. The number of fused-ring (bicyclic) bond motifs is 1. The minimum Gasteiger partial charge on any atom is -0.328 e. The van der Waals surface area contributed by atoms with Crippen molar-refractivity contribution >= 4 is 22.9 Å². The van der Waals surface area contributed by atoms with Crippen LogP contribution < -0.4 is 10.8 Å². The van der Waals surface area contributed by atoms with Gasteiger partial charge in [-0.3, -0.25) is 5.41 Å². The molecular formula is C21H32N6S. The number of aromatic amines is 1. The second-order valence-electron chi connectivity index (χ2n) is 6.86. The van der Waals surface area contributed by atoms with Crippen molar-refractivity contribution in [2.45, 2.75) is 70.6 Å². The monoisotopic (exact) mass is 400 g/mol. The highest BCUT2D eigenvalue weighted by molar-refractivity contribution is 7.99. The van der Waals surface area contributed by atoms with Crippen LogP contribution in [0.3, 0.4) is 0 Å². The molecule has 0 spiro atoms. The van der Waals surface area contributed by atoms with Gasteiger partial charge in [-0.1, -0.05) is 57.2 Å². The summed E-state index contributed by atoms with van der Waals surface area (Å²) >= 11 is 1.59. The maximum absolute atomic E-state index is 8.08. The molecule has 0 unspecified atom stereocenters. The lowest BCUT2D eigenvalue weighted by molar-refractivity contribution is 0.536. The summed E-state index contributed by atoms with van der Waals surface area (Å²) < 4.78 is 2.03. The fourth-order valence-corrected chi connectivity index (χ4v) is 3.68. The molecule has 0 fully saturated rings. The number of aromatic nitrogens is 4. The van der Waals surface area contributed by atoms with Gasteiger partial charge in [-0.25, -0.2) is 9.97 Å². The third-order valence-corrected chi connectivity index (χ3v) is 5.23. The van der Waals surface area contributed by atoms with Crippen LogP contribution >= 0.6 is 11.8 Å². The van der Waals surface area contributed by atoms with Gasteiger partial charge >= 0.3 is 0 Å². The van der Waals surface area contributed by atoms with Gasteiger partial charge in [0.25, 0.3) is 0 Å². The summed E-state index contributed by atoms with van der Waals surface area (Å²) in [6, 6.07) is 6.88. The van der Waals surface area contributed by atoms with Crippen LogP contribution in [0.2, 0.25) is 0 Å². The van der Waals surface area contributed by atoms with Crippen molar-refractivity contribution < 1.29 is 0 Å². The lowest BCUT2D eigenvalue weighted by atomic mass is 10.2.